The molecule has 4 nitrogen and oxygen atoms in total. The number of nitrogens with one attached hydrogen (secondary N) is 1. The minimum absolute atomic E-state index is 0.0429. The fourth-order valence-electron chi connectivity index (χ4n) is 3.57. The zero-order valence-corrected chi connectivity index (χ0v) is 18.0. The molecule has 0 aliphatic rings. The number of benzene rings is 2. The zero-order chi connectivity index (χ0) is 21.2. The number of nitrogens with zero attached hydrogens (tertiary/aromatic N) is 1. The molecule has 0 saturated heterocycles. The highest BCUT2D eigenvalue weighted by Gasteiger charge is 2.19. The van der Waals surface area contributed by atoms with Gasteiger partial charge in [0, 0.05) is 17.7 Å². The molecular weight excluding hydrogens is 360 g/mol. The standard InChI is InChI=1S/C25H30N2O2/c1-6-14-27(24(29)18-10-12-21(13-11-18)25(3,4)5)16-20-15-19-9-7-8-17(2)22(19)26-23(20)28/h7-13,15H,6,14,16H2,1-5H3,(H,26,28). The van der Waals surface area contributed by atoms with Gasteiger partial charge in [0.1, 0.15) is 0 Å². The van der Waals surface area contributed by atoms with E-state index < -0.39 is 0 Å². The quantitative estimate of drug-likeness (QED) is 0.652. The van der Waals surface area contributed by atoms with Gasteiger partial charge >= 0.3 is 0 Å². The molecule has 0 bridgehead atoms. The number of fused-ring (bicyclic) bond motifs is 1. The van der Waals surface area contributed by atoms with Crippen LogP contribution >= 0.6 is 0 Å². The Morgan fingerprint density at radius 2 is 1.76 bits per heavy atom. The molecule has 152 valence electrons. The van der Waals surface area contributed by atoms with Crippen LogP contribution in [0.15, 0.2) is 53.3 Å². The topological polar surface area (TPSA) is 53.2 Å². The van der Waals surface area contributed by atoms with Crippen LogP contribution in [0.1, 0.15) is 61.2 Å². The molecule has 0 saturated carbocycles. The molecule has 0 fully saturated rings. The number of aryl methyl sites for hydroxylation is 1. The van der Waals surface area contributed by atoms with Crippen molar-refractivity contribution in [2.75, 3.05) is 6.54 Å². The summed E-state index contributed by atoms with van der Waals surface area (Å²) in [6, 6.07) is 15.7. The van der Waals surface area contributed by atoms with Crippen molar-refractivity contribution in [3.63, 3.8) is 0 Å². The second-order valence-corrected chi connectivity index (χ2v) is 8.72. The summed E-state index contributed by atoms with van der Waals surface area (Å²) in [7, 11) is 0. The molecule has 4 heteroatoms. The Kier molecular flexibility index (Phi) is 5.92. The van der Waals surface area contributed by atoms with Crippen molar-refractivity contribution >= 4 is 16.8 Å². The number of pyridine rings is 1. The van der Waals surface area contributed by atoms with Gasteiger partial charge in [-0.15, -0.1) is 0 Å². The summed E-state index contributed by atoms with van der Waals surface area (Å²) in [5.41, 5.74) is 4.25. The Hall–Kier alpha value is -2.88. The van der Waals surface area contributed by atoms with Crippen molar-refractivity contribution in [3.8, 4) is 0 Å². The van der Waals surface area contributed by atoms with Gasteiger partial charge < -0.3 is 9.88 Å². The predicted octanol–water partition coefficient (Wildman–Crippen LogP) is 5.19. The molecule has 0 unspecified atom stereocenters. The van der Waals surface area contributed by atoms with Crippen LogP contribution in [0.25, 0.3) is 10.9 Å². The molecule has 1 heterocycles. The highest BCUT2D eigenvalue weighted by atomic mass is 16.2. The van der Waals surface area contributed by atoms with E-state index in [1.165, 1.54) is 5.56 Å². The van der Waals surface area contributed by atoms with E-state index in [0.29, 0.717) is 24.2 Å². The maximum atomic E-state index is 13.1. The third-order valence-electron chi connectivity index (χ3n) is 5.30. The molecule has 3 rings (SSSR count). The van der Waals surface area contributed by atoms with E-state index in [1.807, 2.05) is 62.4 Å². The number of aromatic amines is 1. The van der Waals surface area contributed by atoms with Crippen LogP contribution in [0.4, 0.5) is 0 Å². The largest absolute Gasteiger partial charge is 0.334 e. The van der Waals surface area contributed by atoms with E-state index in [0.717, 1.165) is 22.9 Å². The number of aromatic nitrogens is 1. The molecule has 1 amide bonds. The van der Waals surface area contributed by atoms with Crippen LogP contribution in [0.2, 0.25) is 0 Å². The molecule has 1 aromatic heterocycles. The van der Waals surface area contributed by atoms with Crippen molar-refractivity contribution in [1.29, 1.82) is 0 Å². The van der Waals surface area contributed by atoms with Crippen molar-refractivity contribution < 1.29 is 4.79 Å². The third kappa shape index (κ3) is 4.58. The van der Waals surface area contributed by atoms with Crippen molar-refractivity contribution in [2.24, 2.45) is 0 Å². The van der Waals surface area contributed by atoms with E-state index in [1.54, 1.807) is 4.90 Å². The van der Waals surface area contributed by atoms with E-state index in [4.69, 9.17) is 0 Å². The molecule has 0 radical (unpaired) electrons. The van der Waals surface area contributed by atoms with Crippen LogP contribution in [0.5, 0.6) is 0 Å². The number of rotatable bonds is 5. The highest BCUT2D eigenvalue weighted by molar-refractivity contribution is 5.94. The van der Waals surface area contributed by atoms with Gasteiger partial charge in [0.15, 0.2) is 0 Å². The molecule has 1 N–H and O–H groups in total. The summed E-state index contributed by atoms with van der Waals surface area (Å²) in [6.07, 6.45) is 0.830. The first-order valence-electron chi connectivity index (χ1n) is 10.2. The molecule has 29 heavy (non-hydrogen) atoms. The van der Waals surface area contributed by atoms with Crippen molar-refractivity contribution in [1.82, 2.24) is 9.88 Å². The van der Waals surface area contributed by atoms with Crippen LogP contribution in [-0.4, -0.2) is 22.3 Å². The fourth-order valence-corrected chi connectivity index (χ4v) is 3.57. The molecule has 0 spiro atoms. The summed E-state index contributed by atoms with van der Waals surface area (Å²) in [5.74, 6) is -0.0453. The van der Waals surface area contributed by atoms with E-state index in [-0.39, 0.29) is 16.9 Å². The van der Waals surface area contributed by atoms with Gasteiger partial charge in [-0.1, -0.05) is 58.0 Å². The molecule has 0 aliphatic heterocycles. The van der Waals surface area contributed by atoms with E-state index >= 15 is 0 Å². The van der Waals surface area contributed by atoms with E-state index in [2.05, 4.69) is 25.8 Å². The average Bonchev–Trinajstić information content (AvgIpc) is 2.68. The number of hydrogen-bond acceptors (Lipinski definition) is 2. The Bertz CT molecular complexity index is 1070. The summed E-state index contributed by atoms with van der Waals surface area (Å²) < 4.78 is 0. The van der Waals surface area contributed by atoms with Gasteiger partial charge in [0.05, 0.1) is 12.1 Å². The summed E-state index contributed by atoms with van der Waals surface area (Å²) >= 11 is 0. The smallest absolute Gasteiger partial charge is 0.254 e. The number of hydrogen-bond donors (Lipinski definition) is 1. The van der Waals surface area contributed by atoms with Crippen LogP contribution < -0.4 is 5.56 Å². The van der Waals surface area contributed by atoms with Gasteiger partial charge in [0.2, 0.25) is 0 Å². The maximum absolute atomic E-state index is 13.1. The van der Waals surface area contributed by atoms with E-state index in [9.17, 15) is 9.59 Å². The second kappa shape index (κ2) is 8.24. The summed E-state index contributed by atoms with van der Waals surface area (Å²) in [6.45, 7) is 11.4. The molecule has 0 aliphatic carbocycles. The number of carbonyl (C=O) groups excluding carboxylic acids is 1. The Balaban J connectivity index is 1.90. The molecular formula is C25H30N2O2. The van der Waals surface area contributed by atoms with Gasteiger partial charge in [0.25, 0.3) is 11.5 Å². The van der Waals surface area contributed by atoms with Gasteiger partial charge in [-0.2, -0.15) is 0 Å². The lowest BCUT2D eigenvalue weighted by atomic mass is 9.86. The van der Waals surface area contributed by atoms with Crippen molar-refractivity contribution in [2.45, 2.75) is 53.0 Å². The average molecular weight is 391 g/mol. The number of H-pyrrole nitrogens is 1. The van der Waals surface area contributed by atoms with Crippen LogP contribution in [0.3, 0.4) is 0 Å². The van der Waals surface area contributed by atoms with Crippen molar-refractivity contribution in [3.05, 3.63) is 81.1 Å². The minimum atomic E-state index is -0.135. The Labute approximate surface area is 172 Å². The second-order valence-electron chi connectivity index (χ2n) is 8.72. The van der Waals surface area contributed by atoms with Crippen LogP contribution in [0, 0.1) is 6.92 Å². The SMILES string of the molecule is CCCN(Cc1cc2cccc(C)c2[nH]c1=O)C(=O)c1ccc(C(C)(C)C)cc1. The van der Waals surface area contributed by atoms with Crippen LogP contribution in [-0.2, 0) is 12.0 Å². The molecule has 2 aromatic carbocycles. The maximum Gasteiger partial charge on any atom is 0.254 e. The lowest BCUT2D eigenvalue weighted by Gasteiger charge is -2.23. The fraction of sp³-hybridized carbons (Fsp3) is 0.360. The molecule has 0 atom stereocenters. The highest BCUT2D eigenvalue weighted by Crippen LogP contribution is 2.23. The Morgan fingerprint density at radius 1 is 1.07 bits per heavy atom. The number of carbonyl (C=O) groups is 1. The normalized spacial score (nSPS) is 11.6. The number of amides is 1. The number of para-hydroxylation sites is 1. The Morgan fingerprint density at radius 3 is 2.38 bits per heavy atom. The first-order chi connectivity index (χ1) is 13.7. The summed E-state index contributed by atoms with van der Waals surface area (Å²) in [4.78, 5) is 30.5. The summed E-state index contributed by atoms with van der Waals surface area (Å²) in [5, 5.41) is 0.984. The predicted molar refractivity (Wildman–Crippen MR) is 119 cm³/mol. The molecule has 3 aromatic rings. The first-order valence-corrected chi connectivity index (χ1v) is 10.2. The lowest BCUT2D eigenvalue weighted by Crippen LogP contribution is -2.33. The zero-order valence-electron chi connectivity index (χ0n) is 18.0. The van der Waals surface area contributed by atoms with Gasteiger partial charge in [-0.3, -0.25) is 9.59 Å². The third-order valence-corrected chi connectivity index (χ3v) is 5.30. The lowest BCUT2D eigenvalue weighted by molar-refractivity contribution is 0.0742. The van der Waals surface area contributed by atoms with Gasteiger partial charge in [-0.05, 0) is 53.5 Å². The first kappa shape index (κ1) is 20.8. The van der Waals surface area contributed by atoms with Gasteiger partial charge in [-0.25, -0.2) is 0 Å². The minimum Gasteiger partial charge on any atom is -0.334 e. The monoisotopic (exact) mass is 390 g/mol.